The van der Waals surface area contributed by atoms with E-state index in [1.165, 1.54) is 13.3 Å². The molecule has 0 radical (unpaired) electrons. The second-order valence-electron chi connectivity index (χ2n) is 3.38. The van der Waals surface area contributed by atoms with Gasteiger partial charge in [-0.2, -0.15) is 0 Å². The first-order valence-corrected chi connectivity index (χ1v) is 5.13. The van der Waals surface area contributed by atoms with E-state index < -0.39 is 5.97 Å². The molecule has 0 unspecified atom stereocenters. The van der Waals surface area contributed by atoms with Crippen molar-refractivity contribution in [2.45, 2.75) is 19.3 Å². The predicted molar refractivity (Wildman–Crippen MR) is 60.9 cm³/mol. The summed E-state index contributed by atoms with van der Waals surface area (Å²) < 4.78 is 4.88. The number of carbonyl (C=O) groups is 2. The van der Waals surface area contributed by atoms with Crippen molar-refractivity contribution in [2.24, 2.45) is 0 Å². The predicted octanol–water partition coefficient (Wildman–Crippen LogP) is 1.28. The molecule has 0 atom stereocenters. The fourth-order valence-corrected chi connectivity index (χ4v) is 1.20. The van der Waals surface area contributed by atoms with E-state index in [4.69, 9.17) is 9.84 Å². The number of aliphatic carboxylic acids is 1. The number of carboxylic acids is 1. The van der Waals surface area contributed by atoms with Crippen LogP contribution in [-0.2, 0) is 9.59 Å². The van der Waals surface area contributed by atoms with Crippen molar-refractivity contribution in [1.82, 2.24) is 4.98 Å². The summed E-state index contributed by atoms with van der Waals surface area (Å²) in [4.78, 5) is 25.6. The number of hydrogen-bond donors (Lipinski definition) is 2. The fourth-order valence-electron chi connectivity index (χ4n) is 1.20. The number of carbonyl (C=O) groups excluding carboxylic acids is 1. The molecule has 0 aromatic carbocycles. The Labute approximate surface area is 98.6 Å². The van der Waals surface area contributed by atoms with Crippen LogP contribution in [0.1, 0.15) is 19.3 Å². The van der Waals surface area contributed by atoms with Crippen LogP contribution in [0.15, 0.2) is 18.3 Å². The lowest BCUT2D eigenvalue weighted by molar-refractivity contribution is -0.137. The Kier molecular flexibility index (Phi) is 4.93. The number of rotatable bonds is 6. The Balaban J connectivity index is 2.37. The van der Waals surface area contributed by atoms with Crippen LogP contribution >= 0.6 is 0 Å². The van der Waals surface area contributed by atoms with Crippen molar-refractivity contribution in [1.29, 1.82) is 0 Å². The Hall–Kier alpha value is -2.11. The number of ether oxygens (including phenoxy) is 1. The average molecular weight is 238 g/mol. The molecule has 6 heteroatoms. The van der Waals surface area contributed by atoms with Crippen molar-refractivity contribution in [3.05, 3.63) is 18.3 Å². The molecule has 0 bridgehead atoms. The normalized spacial score (nSPS) is 9.71. The maximum Gasteiger partial charge on any atom is 0.303 e. The van der Waals surface area contributed by atoms with Gasteiger partial charge in [0.2, 0.25) is 11.8 Å². The van der Waals surface area contributed by atoms with Crippen LogP contribution in [0.3, 0.4) is 0 Å². The molecule has 0 saturated carbocycles. The smallest absolute Gasteiger partial charge is 0.303 e. The number of nitrogens with zero attached hydrogens (tertiary/aromatic N) is 1. The number of methoxy groups -OCH3 is 1. The quantitative estimate of drug-likeness (QED) is 0.779. The van der Waals surface area contributed by atoms with Crippen molar-refractivity contribution < 1.29 is 19.4 Å². The van der Waals surface area contributed by atoms with E-state index in [1.54, 1.807) is 12.1 Å². The number of hydrogen-bond acceptors (Lipinski definition) is 4. The molecule has 6 nitrogen and oxygen atoms in total. The largest absolute Gasteiger partial charge is 0.481 e. The van der Waals surface area contributed by atoms with E-state index in [0.29, 0.717) is 18.0 Å². The highest BCUT2D eigenvalue weighted by Crippen LogP contribution is 2.11. The summed E-state index contributed by atoms with van der Waals surface area (Å²) in [6, 6.07) is 3.30. The summed E-state index contributed by atoms with van der Waals surface area (Å²) in [5.41, 5.74) is 0.561. The molecular weight excluding hydrogens is 224 g/mol. The summed E-state index contributed by atoms with van der Waals surface area (Å²) in [6.07, 6.45) is 1.98. The van der Waals surface area contributed by atoms with Gasteiger partial charge in [0.05, 0.1) is 19.0 Å². The van der Waals surface area contributed by atoms with Gasteiger partial charge < -0.3 is 15.2 Å². The van der Waals surface area contributed by atoms with E-state index >= 15 is 0 Å². The first-order chi connectivity index (χ1) is 8.11. The molecule has 1 rings (SSSR count). The molecule has 0 fully saturated rings. The highest BCUT2D eigenvalue weighted by Gasteiger charge is 2.04. The highest BCUT2D eigenvalue weighted by atomic mass is 16.5. The van der Waals surface area contributed by atoms with Crippen molar-refractivity contribution in [2.75, 3.05) is 12.4 Å². The first-order valence-electron chi connectivity index (χ1n) is 5.13. The number of carboxylic acid groups (broad SMARTS) is 1. The fraction of sp³-hybridized carbons (Fsp3) is 0.364. The lowest BCUT2D eigenvalue weighted by Crippen LogP contribution is -2.12. The molecule has 1 aromatic rings. The van der Waals surface area contributed by atoms with E-state index in [-0.39, 0.29) is 18.7 Å². The lowest BCUT2D eigenvalue weighted by Gasteiger charge is -2.04. The third kappa shape index (κ3) is 4.96. The molecule has 0 aliphatic carbocycles. The maximum atomic E-state index is 11.4. The van der Waals surface area contributed by atoms with Crippen LogP contribution in [0, 0.1) is 0 Å². The SMILES string of the molecule is COc1ccc(NC(=O)CCCC(=O)O)cn1. The second kappa shape index (κ2) is 6.47. The molecular formula is C11H14N2O4. The van der Waals surface area contributed by atoms with Crippen molar-refractivity contribution >= 4 is 17.6 Å². The lowest BCUT2D eigenvalue weighted by atomic mass is 10.2. The van der Waals surface area contributed by atoms with Crippen LogP contribution in [-0.4, -0.2) is 29.1 Å². The Morgan fingerprint density at radius 2 is 2.18 bits per heavy atom. The Bertz CT molecular complexity index is 389. The molecule has 2 N–H and O–H groups in total. The van der Waals surface area contributed by atoms with E-state index in [1.807, 2.05) is 0 Å². The van der Waals surface area contributed by atoms with Crippen molar-refractivity contribution in [3.8, 4) is 5.88 Å². The summed E-state index contributed by atoms with van der Waals surface area (Å²) in [6.45, 7) is 0. The standard InChI is InChI=1S/C11H14N2O4/c1-17-10-6-5-8(7-12-10)13-9(14)3-2-4-11(15)16/h5-7H,2-4H2,1H3,(H,13,14)(H,15,16). The van der Waals surface area contributed by atoms with E-state index in [9.17, 15) is 9.59 Å². The van der Waals surface area contributed by atoms with Crippen LogP contribution in [0.2, 0.25) is 0 Å². The monoisotopic (exact) mass is 238 g/mol. The van der Waals surface area contributed by atoms with Crippen LogP contribution in [0.4, 0.5) is 5.69 Å². The zero-order valence-electron chi connectivity index (χ0n) is 9.47. The van der Waals surface area contributed by atoms with Gasteiger partial charge >= 0.3 is 5.97 Å². The minimum absolute atomic E-state index is 0.00567. The summed E-state index contributed by atoms with van der Waals surface area (Å²) in [5, 5.41) is 11.0. The number of nitrogens with one attached hydrogen (secondary N) is 1. The molecule has 92 valence electrons. The number of aromatic nitrogens is 1. The summed E-state index contributed by atoms with van der Waals surface area (Å²) in [7, 11) is 1.51. The van der Waals surface area contributed by atoms with Gasteiger partial charge in [0.25, 0.3) is 0 Å². The second-order valence-corrected chi connectivity index (χ2v) is 3.38. The molecule has 1 heterocycles. The van der Waals surface area contributed by atoms with Crippen molar-refractivity contribution in [3.63, 3.8) is 0 Å². The minimum Gasteiger partial charge on any atom is -0.481 e. The van der Waals surface area contributed by atoms with E-state index in [0.717, 1.165) is 0 Å². The van der Waals surface area contributed by atoms with Gasteiger partial charge in [-0.3, -0.25) is 9.59 Å². The minimum atomic E-state index is -0.899. The van der Waals surface area contributed by atoms with Gasteiger partial charge in [-0.15, -0.1) is 0 Å². The van der Waals surface area contributed by atoms with Gasteiger partial charge in [0.15, 0.2) is 0 Å². The Morgan fingerprint density at radius 3 is 2.71 bits per heavy atom. The van der Waals surface area contributed by atoms with E-state index in [2.05, 4.69) is 10.3 Å². The summed E-state index contributed by atoms with van der Waals surface area (Å²) >= 11 is 0. The summed E-state index contributed by atoms with van der Waals surface area (Å²) in [5.74, 6) is -0.656. The first kappa shape index (κ1) is 13.0. The zero-order valence-corrected chi connectivity index (χ0v) is 9.47. The topological polar surface area (TPSA) is 88.5 Å². The molecule has 1 amide bonds. The Morgan fingerprint density at radius 1 is 1.41 bits per heavy atom. The van der Waals surface area contributed by atoms with Crippen LogP contribution in [0.5, 0.6) is 5.88 Å². The van der Waals surface area contributed by atoms with Gasteiger partial charge in [0, 0.05) is 18.9 Å². The molecule has 17 heavy (non-hydrogen) atoms. The molecule has 0 aliphatic heterocycles. The zero-order chi connectivity index (χ0) is 12.7. The average Bonchev–Trinajstić information content (AvgIpc) is 2.29. The number of anilines is 1. The third-order valence-electron chi connectivity index (χ3n) is 2.02. The van der Waals surface area contributed by atoms with Gasteiger partial charge in [-0.1, -0.05) is 0 Å². The molecule has 0 aliphatic rings. The van der Waals surface area contributed by atoms with Gasteiger partial charge in [-0.05, 0) is 12.5 Å². The van der Waals surface area contributed by atoms with Crippen LogP contribution < -0.4 is 10.1 Å². The molecule has 0 spiro atoms. The highest BCUT2D eigenvalue weighted by molar-refractivity contribution is 5.90. The van der Waals surface area contributed by atoms with Gasteiger partial charge in [0.1, 0.15) is 0 Å². The van der Waals surface area contributed by atoms with Gasteiger partial charge in [-0.25, -0.2) is 4.98 Å². The number of pyridine rings is 1. The maximum absolute atomic E-state index is 11.4. The molecule has 0 saturated heterocycles. The third-order valence-corrected chi connectivity index (χ3v) is 2.02. The molecule has 1 aromatic heterocycles. The number of amides is 1. The van der Waals surface area contributed by atoms with Crippen LogP contribution in [0.25, 0.3) is 0 Å².